The first-order chi connectivity index (χ1) is 14.0. The number of amides is 1. The van der Waals surface area contributed by atoms with Crippen LogP contribution in [0.2, 0.25) is 0 Å². The van der Waals surface area contributed by atoms with Crippen LogP contribution in [-0.2, 0) is 11.2 Å². The third-order valence-corrected chi connectivity index (χ3v) is 4.87. The van der Waals surface area contributed by atoms with Gasteiger partial charge in [-0.3, -0.25) is 4.79 Å². The van der Waals surface area contributed by atoms with E-state index in [2.05, 4.69) is 17.6 Å². The molecule has 0 saturated heterocycles. The molecule has 3 rings (SSSR count). The van der Waals surface area contributed by atoms with E-state index in [1.165, 1.54) is 11.8 Å². The summed E-state index contributed by atoms with van der Waals surface area (Å²) in [6, 6.07) is 20.4. The number of carbonyl (C=O) groups is 1. The van der Waals surface area contributed by atoms with Crippen LogP contribution in [-0.4, -0.2) is 11.0 Å². The number of rotatable bonds is 6. The van der Waals surface area contributed by atoms with Crippen LogP contribution in [0.1, 0.15) is 31.0 Å². The van der Waals surface area contributed by atoms with Crippen LogP contribution in [0.15, 0.2) is 72.4 Å². The zero-order valence-corrected chi connectivity index (χ0v) is 16.4. The number of hydrogen-bond acceptors (Lipinski definition) is 4. The molecule has 5 heteroatoms. The average Bonchev–Trinajstić information content (AvgIpc) is 2.74. The molecule has 0 radical (unpaired) electrons. The molecule has 146 valence electrons. The molecule has 0 aliphatic heterocycles. The zero-order valence-electron chi connectivity index (χ0n) is 16.4. The number of phenolic OH excluding ortho intramolecular Hbond substituents is 1. The van der Waals surface area contributed by atoms with E-state index < -0.39 is 5.91 Å². The van der Waals surface area contributed by atoms with Gasteiger partial charge in [0.05, 0.1) is 6.04 Å². The number of nitrogens with one attached hydrogen (secondary N) is 2. The van der Waals surface area contributed by atoms with Crippen molar-refractivity contribution >= 4 is 22.4 Å². The molecule has 1 unspecified atom stereocenters. The molecule has 3 N–H and O–H groups in total. The molecule has 1 amide bonds. The van der Waals surface area contributed by atoms with Gasteiger partial charge in [-0.1, -0.05) is 55.5 Å². The normalized spacial score (nSPS) is 12.2. The lowest BCUT2D eigenvalue weighted by Gasteiger charge is -2.14. The summed E-state index contributed by atoms with van der Waals surface area (Å²) in [5.41, 5.74) is 2.88. The maximum absolute atomic E-state index is 12.5. The van der Waals surface area contributed by atoms with E-state index in [1.807, 2.05) is 55.5 Å². The first-order valence-corrected chi connectivity index (χ1v) is 9.50. The summed E-state index contributed by atoms with van der Waals surface area (Å²) in [6.07, 6.45) is 2.35. The molecule has 0 aromatic heterocycles. The quantitative estimate of drug-likeness (QED) is 0.420. The SMILES string of the molecule is CCc1ccc(C(C)NC(=O)/C(C#N)=C\Nc2cccc3c(O)cccc23)cc1. The summed E-state index contributed by atoms with van der Waals surface area (Å²) in [5.74, 6) is -0.272. The number of nitrogens with zero attached hydrogens (tertiary/aromatic N) is 1. The molecule has 0 heterocycles. The van der Waals surface area contributed by atoms with E-state index in [0.717, 1.165) is 17.4 Å². The van der Waals surface area contributed by atoms with Crippen LogP contribution in [0.3, 0.4) is 0 Å². The average molecular weight is 385 g/mol. The zero-order chi connectivity index (χ0) is 20.8. The number of aryl methyl sites for hydroxylation is 1. The van der Waals surface area contributed by atoms with Crippen LogP contribution < -0.4 is 10.6 Å². The fourth-order valence-corrected chi connectivity index (χ4v) is 3.12. The lowest BCUT2D eigenvalue weighted by Crippen LogP contribution is -2.28. The van der Waals surface area contributed by atoms with Crippen molar-refractivity contribution in [2.75, 3.05) is 5.32 Å². The molecular formula is C24H23N3O2. The monoisotopic (exact) mass is 385 g/mol. The maximum Gasteiger partial charge on any atom is 0.263 e. The van der Waals surface area contributed by atoms with Crippen molar-refractivity contribution in [3.05, 3.63) is 83.6 Å². The molecule has 3 aromatic carbocycles. The van der Waals surface area contributed by atoms with E-state index >= 15 is 0 Å². The highest BCUT2D eigenvalue weighted by atomic mass is 16.3. The van der Waals surface area contributed by atoms with Gasteiger partial charge in [0.1, 0.15) is 17.4 Å². The van der Waals surface area contributed by atoms with Crippen LogP contribution in [0.5, 0.6) is 5.75 Å². The molecule has 0 aliphatic carbocycles. The minimum atomic E-state index is -0.449. The predicted molar refractivity (Wildman–Crippen MR) is 115 cm³/mol. The third kappa shape index (κ3) is 4.56. The first kappa shape index (κ1) is 20.0. The lowest BCUT2D eigenvalue weighted by molar-refractivity contribution is -0.117. The van der Waals surface area contributed by atoms with Crippen molar-refractivity contribution in [3.63, 3.8) is 0 Å². The van der Waals surface area contributed by atoms with Crippen molar-refractivity contribution < 1.29 is 9.90 Å². The fraction of sp³-hybridized carbons (Fsp3) is 0.167. The number of phenols is 1. The van der Waals surface area contributed by atoms with Gasteiger partial charge < -0.3 is 15.7 Å². The summed E-state index contributed by atoms with van der Waals surface area (Å²) in [5, 5.41) is 26.8. The fourth-order valence-electron chi connectivity index (χ4n) is 3.12. The molecule has 0 bridgehead atoms. The number of benzene rings is 3. The number of fused-ring (bicyclic) bond motifs is 1. The Kier molecular flexibility index (Phi) is 6.16. The second-order valence-corrected chi connectivity index (χ2v) is 6.78. The van der Waals surface area contributed by atoms with Gasteiger partial charge in [0, 0.05) is 22.7 Å². The van der Waals surface area contributed by atoms with Crippen molar-refractivity contribution in [1.82, 2.24) is 5.32 Å². The van der Waals surface area contributed by atoms with Gasteiger partial charge in [0.25, 0.3) is 5.91 Å². The third-order valence-electron chi connectivity index (χ3n) is 4.87. The van der Waals surface area contributed by atoms with Crippen LogP contribution in [0, 0.1) is 11.3 Å². The van der Waals surface area contributed by atoms with E-state index in [4.69, 9.17) is 0 Å². The number of carbonyl (C=O) groups excluding carboxylic acids is 1. The van der Waals surface area contributed by atoms with E-state index in [1.54, 1.807) is 18.2 Å². The standard InChI is InChI=1S/C24H23N3O2/c1-3-17-10-12-18(13-11-17)16(2)27-24(29)19(14-25)15-26-22-8-4-7-21-20(22)6-5-9-23(21)28/h4-13,15-16,26,28H,3H2,1-2H3,(H,27,29)/b19-15-. The van der Waals surface area contributed by atoms with Gasteiger partial charge in [-0.15, -0.1) is 0 Å². The molecular weight excluding hydrogens is 362 g/mol. The molecule has 3 aromatic rings. The number of nitriles is 1. The lowest BCUT2D eigenvalue weighted by atomic mass is 10.0. The maximum atomic E-state index is 12.5. The van der Waals surface area contributed by atoms with E-state index in [0.29, 0.717) is 11.1 Å². The molecule has 0 saturated carbocycles. The van der Waals surface area contributed by atoms with Gasteiger partial charge in [0.2, 0.25) is 0 Å². The van der Waals surface area contributed by atoms with Gasteiger partial charge in [-0.25, -0.2) is 0 Å². The van der Waals surface area contributed by atoms with Crippen molar-refractivity contribution in [3.8, 4) is 11.8 Å². The molecule has 29 heavy (non-hydrogen) atoms. The number of aromatic hydroxyl groups is 1. The second kappa shape index (κ2) is 8.94. The minimum Gasteiger partial charge on any atom is -0.507 e. The Morgan fingerprint density at radius 3 is 2.48 bits per heavy atom. The largest absolute Gasteiger partial charge is 0.507 e. The molecule has 1 atom stereocenters. The van der Waals surface area contributed by atoms with Crippen LogP contribution >= 0.6 is 0 Å². The Morgan fingerprint density at radius 1 is 1.10 bits per heavy atom. The Morgan fingerprint density at radius 2 is 1.79 bits per heavy atom. The highest BCUT2D eigenvalue weighted by Gasteiger charge is 2.14. The summed E-state index contributed by atoms with van der Waals surface area (Å²) in [6.45, 7) is 3.98. The van der Waals surface area contributed by atoms with E-state index in [9.17, 15) is 15.2 Å². The first-order valence-electron chi connectivity index (χ1n) is 9.50. The minimum absolute atomic E-state index is 0.0285. The molecule has 0 aliphatic rings. The Balaban J connectivity index is 1.75. The molecule has 0 spiro atoms. The van der Waals surface area contributed by atoms with Crippen molar-refractivity contribution in [2.24, 2.45) is 0 Å². The highest BCUT2D eigenvalue weighted by Crippen LogP contribution is 2.29. The van der Waals surface area contributed by atoms with Crippen LogP contribution in [0.4, 0.5) is 5.69 Å². The highest BCUT2D eigenvalue weighted by molar-refractivity contribution is 6.00. The second-order valence-electron chi connectivity index (χ2n) is 6.78. The predicted octanol–water partition coefficient (Wildman–Crippen LogP) is 4.80. The summed E-state index contributed by atoms with van der Waals surface area (Å²) in [4.78, 5) is 12.5. The number of anilines is 1. The Bertz CT molecular complexity index is 1100. The van der Waals surface area contributed by atoms with Gasteiger partial charge in [-0.05, 0) is 36.6 Å². The van der Waals surface area contributed by atoms with Crippen molar-refractivity contribution in [1.29, 1.82) is 5.26 Å². The van der Waals surface area contributed by atoms with Crippen molar-refractivity contribution in [2.45, 2.75) is 26.3 Å². The molecule has 5 nitrogen and oxygen atoms in total. The summed E-state index contributed by atoms with van der Waals surface area (Å²) >= 11 is 0. The van der Waals surface area contributed by atoms with Crippen LogP contribution in [0.25, 0.3) is 10.8 Å². The van der Waals surface area contributed by atoms with E-state index in [-0.39, 0.29) is 17.4 Å². The number of hydrogen-bond donors (Lipinski definition) is 3. The Labute approximate surface area is 170 Å². The summed E-state index contributed by atoms with van der Waals surface area (Å²) < 4.78 is 0. The topological polar surface area (TPSA) is 85.2 Å². The Hall–Kier alpha value is -3.78. The van der Waals surface area contributed by atoms with Gasteiger partial charge >= 0.3 is 0 Å². The van der Waals surface area contributed by atoms with Gasteiger partial charge in [-0.2, -0.15) is 5.26 Å². The summed E-state index contributed by atoms with van der Waals surface area (Å²) in [7, 11) is 0. The smallest absolute Gasteiger partial charge is 0.263 e. The van der Waals surface area contributed by atoms with Gasteiger partial charge in [0.15, 0.2) is 0 Å². The molecule has 0 fully saturated rings.